The highest BCUT2D eigenvalue weighted by Gasteiger charge is 2.10. The van der Waals surface area contributed by atoms with Crippen LogP contribution in [0.15, 0.2) is 30.5 Å². The van der Waals surface area contributed by atoms with E-state index >= 15 is 0 Å². The number of hydrogen-bond acceptors (Lipinski definition) is 7. The minimum absolute atomic E-state index is 0.0758. The predicted octanol–water partition coefficient (Wildman–Crippen LogP) is 0.939. The molecular weight excluding hydrogens is 336 g/mol. The van der Waals surface area contributed by atoms with E-state index in [1.54, 1.807) is 25.4 Å². The fourth-order valence-electron chi connectivity index (χ4n) is 1.89. The molecular formula is C15H20N2O6S. The van der Waals surface area contributed by atoms with Crippen LogP contribution in [0.2, 0.25) is 0 Å². The molecule has 2 rings (SSSR count). The highest BCUT2D eigenvalue weighted by Crippen LogP contribution is 2.20. The van der Waals surface area contributed by atoms with Crippen molar-refractivity contribution in [2.24, 2.45) is 0 Å². The van der Waals surface area contributed by atoms with Crippen molar-refractivity contribution in [2.75, 3.05) is 26.6 Å². The molecule has 132 valence electrons. The molecule has 0 aliphatic rings. The molecule has 2 N–H and O–H groups in total. The summed E-state index contributed by atoms with van der Waals surface area (Å²) in [6.45, 7) is 0.0425. The number of aromatic amines is 1. The van der Waals surface area contributed by atoms with Crippen LogP contribution in [0, 0.1) is 0 Å². The van der Waals surface area contributed by atoms with Crippen LogP contribution in [0.25, 0.3) is 11.4 Å². The normalized spacial score (nSPS) is 13.0. The summed E-state index contributed by atoms with van der Waals surface area (Å²) in [6, 6.07) is 7.12. The summed E-state index contributed by atoms with van der Waals surface area (Å²) in [5, 5.41) is 9.62. The van der Waals surface area contributed by atoms with E-state index in [9.17, 15) is 13.5 Å². The molecule has 0 saturated carbocycles. The number of nitrogens with zero attached hydrogens (tertiary/aromatic N) is 1. The van der Waals surface area contributed by atoms with Gasteiger partial charge in [0.05, 0.1) is 31.4 Å². The van der Waals surface area contributed by atoms with Crippen molar-refractivity contribution >= 4 is 10.1 Å². The van der Waals surface area contributed by atoms with Crippen LogP contribution in [0.3, 0.4) is 0 Å². The Morgan fingerprint density at radius 3 is 2.58 bits per heavy atom. The predicted molar refractivity (Wildman–Crippen MR) is 87.0 cm³/mol. The third kappa shape index (κ3) is 5.93. The van der Waals surface area contributed by atoms with Crippen molar-refractivity contribution in [2.45, 2.75) is 12.7 Å². The molecule has 1 atom stereocenters. The monoisotopic (exact) mass is 356 g/mol. The summed E-state index contributed by atoms with van der Waals surface area (Å²) in [5.41, 5.74) is 1.76. The maximum atomic E-state index is 10.8. The Kier molecular flexibility index (Phi) is 6.32. The maximum absolute atomic E-state index is 10.8. The second kappa shape index (κ2) is 8.25. The molecule has 0 saturated heterocycles. The Morgan fingerprint density at radius 1 is 1.25 bits per heavy atom. The van der Waals surface area contributed by atoms with Gasteiger partial charge in [-0.1, -0.05) is 0 Å². The number of H-pyrrole nitrogens is 1. The van der Waals surface area contributed by atoms with Gasteiger partial charge in [0.15, 0.2) is 0 Å². The first-order chi connectivity index (χ1) is 11.4. The number of nitrogens with one attached hydrogen (secondary N) is 1. The van der Waals surface area contributed by atoms with E-state index in [4.69, 9.17) is 9.47 Å². The topological polar surface area (TPSA) is 111 Å². The quantitative estimate of drug-likeness (QED) is 0.643. The lowest BCUT2D eigenvalue weighted by atomic mass is 10.2. The van der Waals surface area contributed by atoms with Crippen molar-refractivity contribution in [1.82, 2.24) is 9.97 Å². The number of aliphatic hydroxyl groups is 1. The number of aliphatic hydroxyl groups excluding tert-OH is 1. The number of methoxy groups -OCH3 is 1. The molecule has 0 amide bonds. The standard InChI is InChI=1S/C15H20N2O6S/c1-21-8-12-7-16-15(17-12)11-3-5-14(6-4-11)22-9-13(18)10-23-24(2,19)20/h3-7,13,18H,8-10H2,1-2H3,(H,16,17). The molecule has 0 aliphatic carbocycles. The van der Waals surface area contributed by atoms with Gasteiger partial charge in [-0.3, -0.25) is 4.18 Å². The average Bonchev–Trinajstić information content (AvgIpc) is 3.00. The van der Waals surface area contributed by atoms with Crippen molar-refractivity contribution in [3.8, 4) is 17.1 Å². The van der Waals surface area contributed by atoms with Gasteiger partial charge in [-0.15, -0.1) is 0 Å². The second-order valence-corrected chi connectivity index (χ2v) is 6.81. The molecule has 0 fully saturated rings. The highest BCUT2D eigenvalue weighted by molar-refractivity contribution is 7.85. The molecule has 8 nitrogen and oxygen atoms in total. The Balaban J connectivity index is 1.87. The lowest BCUT2D eigenvalue weighted by Crippen LogP contribution is -2.24. The Hall–Kier alpha value is -1.94. The number of aromatic nitrogens is 2. The molecule has 0 spiro atoms. The first kappa shape index (κ1) is 18.4. The van der Waals surface area contributed by atoms with Crippen LogP contribution in [-0.2, 0) is 25.6 Å². The van der Waals surface area contributed by atoms with Crippen LogP contribution in [0.5, 0.6) is 5.75 Å². The summed E-state index contributed by atoms with van der Waals surface area (Å²) in [7, 11) is -1.96. The summed E-state index contributed by atoms with van der Waals surface area (Å²) < 4.78 is 36.6. The minimum Gasteiger partial charge on any atom is -0.491 e. The van der Waals surface area contributed by atoms with Gasteiger partial charge in [0.1, 0.15) is 24.3 Å². The van der Waals surface area contributed by atoms with E-state index in [0.717, 1.165) is 23.3 Å². The molecule has 1 aromatic heterocycles. The van der Waals surface area contributed by atoms with Crippen molar-refractivity contribution in [1.29, 1.82) is 0 Å². The van der Waals surface area contributed by atoms with Crippen LogP contribution >= 0.6 is 0 Å². The van der Waals surface area contributed by atoms with Crippen LogP contribution in [-0.4, -0.2) is 56.2 Å². The molecule has 1 heterocycles. The van der Waals surface area contributed by atoms with E-state index in [1.165, 1.54) is 0 Å². The number of benzene rings is 1. The lowest BCUT2D eigenvalue weighted by molar-refractivity contribution is 0.0652. The molecule has 2 aromatic rings. The third-order valence-corrected chi connectivity index (χ3v) is 3.54. The van der Waals surface area contributed by atoms with E-state index in [-0.39, 0.29) is 13.2 Å². The second-order valence-electron chi connectivity index (χ2n) is 5.17. The van der Waals surface area contributed by atoms with Crippen molar-refractivity contribution in [3.63, 3.8) is 0 Å². The van der Waals surface area contributed by atoms with Crippen molar-refractivity contribution < 1.29 is 27.2 Å². The Morgan fingerprint density at radius 2 is 1.96 bits per heavy atom. The van der Waals surface area contributed by atoms with E-state index < -0.39 is 16.2 Å². The van der Waals surface area contributed by atoms with E-state index in [2.05, 4.69) is 14.2 Å². The van der Waals surface area contributed by atoms with Gasteiger partial charge in [0.2, 0.25) is 0 Å². The molecule has 9 heteroatoms. The first-order valence-electron chi connectivity index (χ1n) is 7.16. The number of hydrogen-bond donors (Lipinski definition) is 2. The van der Waals surface area contributed by atoms with Crippen LogP contribution in [0.4, 0.5) is 0 Å². The van der Waals surface area contributed by atoms with Gasteiger partial charge in [0.25, 0.3) is 10.1 Å². The fraction of sp³-hybridized carbons (Fsp3) is 0.400. The van der Waals surface area contributed by atoms with E-state index in [0.29, 0.717) is 12.4 Å². The zero-order chi connectivity index (χ0) is 17.6. The van der Waals surface area contributed by atoms with Crippen LogP contribution < -0.4 is 4.74 Å². The van der Waals surface area contributed by atoms with Gasteiger partial charge in [-0.05, 0) is 24.3 Å². The lowest BCUT2D eigenvalue weighted by Gasteiger charge is -2.12. The van der Waals surface area contributed by atoms with Gasteiger partial charge < -0.3 is 19.6 Å². The molecule has 0 radical (unpaired) electrons. The third-order valence-electron chi connectivity index (χ3n) is 2.97. The number of imidazole rings is 1. The van der Waals surface area contributed by atoms with Gasteiger partial charge >= 0.3 is 0 Å². The summed E-state index contributed by atoms with van der Waals surface area (Å²) >= 11 is 0. The number of ether oxygens (including phenoxy) is 2. The minimum atomic E-state index is -3.58. The Bertz CT molecular complexity index is 742. The molecule has 1 unspecified atom stereocenters. The number of rotatable bonds is 9. The summed E-state index contributed by atoms with van der Waals surface area (Å²) in [5.74, 6) is 1.26. The maximum Gasteiger partial charge on any atom is 0.264 e. The van der Waals surface area contributed by atoms with Crippen LogP contribution in [0.1, 0.15) is 5.69 Å². The summed E-state index contributed by atoms with van der Waals surface area (Å²) in [4.78, 5) is 7.41. The van der Waals surface area contributed by atoms with Gasteiger partial charge in [0, 0.05) is 12.7 Å². The van der Waals surface area contributed by atoms with Gasteiger partial charge in [-0.25, -0.2) is 4.98 Å². The molecule has 24 heavy (non-hydrogen) atoms. The largest absolute Gasteiger partial charge is 0.491 e. The van der Waals surface area contributed by atoms with Crippen molar-refractivity contribution in [3.05, 3.63) is 36.2 Å². The highest BCUT2D eigenvalue weighted by atomic mass is 32.2. The first-order valence-corrected chi connectivity index (χ1v) is 8.97. The summed E-state index contributed by atoms with van der Waals surface area (Å²) in [6.07, 6.45) is 1.59. The average molecular weight is 356 g/mol. The Labute approximate surface area is 140 Å². The van der Waals surface area contributed by atoms with E-state index in [1.807, 2.05) is 12.1 Å². The zero-order valence-electron chi connectivity index (χ0n) is 13.4. The molecule has 1 aromatic carbocycles. The smallest absolute Gasteiger partial charge is 0.264 e. The SMILES string of the molecule is COCc1cnc(-c2ccc(OCC(O)COS(C)(=O)=O)cc2)[nH]1. The zero-order valence-corrected chi connectivity index (χ0v) is 14.2. The fourth-order valence-corrected chi connectivity index (χ4v) is 2.29. The molecule has 0 bridgehead atoms. The molecule has 0 aliphatic heterocycles. The van der Waals surface area contributed by atoms with Gasteiger partial charge in [-0.2, -0.15) is 8.42 Å².